The fourth-order valence-electron chi connectivity index (χ4n) is 0.920. The minimum atomic E-state index is 0.215. The van der Waals surface area contributed by atoms with Crippen LogP contribution in [0.1, 0.15) is 26.3 Å². The Balaban J connectivity index is 3.06. The molecule has 1 radical (unpaired) electrons. The Morgan fingerprint density at radius 3 is 2.36 bits per heavy atom. The smallest absolute Gasteiger partial charge is 0.0122 e. The van der Waals surface area contributed by atoms with Crippen molar-refractivity contribution in [1.29, 1.82) is 0 Å². The van der Waals surface area contributed by atoms with Gasteiger partial charge in [0, 0.05) is 4.90 Å². The zero-order valence-electron chi connectivity index (χ0n) is 7.18. The minimum absolute atomic E-state index is 0.215. The predicted molar refractivity (Wildman–Crippen MR) is 51.2 cm³/mol. The third-order valence-corrected chi connectivity index (χ3v) is 1.91. The summed E-state index contributed by atoms with van der Waals surface area (Å²) in [5.41, 5.74) is 1.52. The van der Waals surface area contributed by atoms with Crippen molar-refractivity contribution >= 4 is 12.6 Å². The first-order chi connectivity index (χ1) is 5.00. The van der Waals surface area contributed by atoms with E-state index >= 15 is 0 Å². The molecule has 0 heterocycles. The van der Waals surface area contributed by atoms with Crippen molar-refractivity contribution in [3.8, 4) is 0 Å². The van der Waals surface area contributed by atoms with Crippen molar-refractivity contribution in [2.24, 2.45) is 0 Å². The summed E-state index contributed by atoms with van der Waals surface area (Å²) in [6.07, 6.45) is 0. The fourth-order valence-corrected chi connectivity index (χ4v) is 1.13. The molecule has 0 aliphatic heterocycles. The molecule has 0 aromatic heterocycles. The second kappa shape index (κ2) is 2.90. The maximum atomic E-state index is 4.23. The van der Waals surface area contributed by atoms with Crippen LogP contribution in [0.15, 0.2) is 23.1 Å². The molecule has 0 unspecified atom stereocenters. The molecule has 0 N–H and O–H groups in total. The van der Waals surface area contributed by atoms with Crippen molar-refractivity contribution in [3.05, 3.63) is 29.8 Å². The molecule has 0 amide bonds. The topological polar surface area (TPSA) is 0 Å². The largest absolute Gasteiger partial charge is 0.143 e. The highest BCUT2D eigenvalue weighted by molar-refractivity contribution is 7.80. The average Bonchev–Trinajstić information content (AvgIpc) is 1.86. The van der Waals surface area contributed by atoms with Crippen LogP contribution in [0.4, 0.5) is 0 Å². The monoisotopic (exact) mass is 165 g/mol. The number of hydrogen-bond donors (Lipinski definition) is 1. The zero-order chi connectivity index (χ0) is 8.48. The van der Waals surface area contributed by atoms with Gasteiger partial charge in [0.2, 0.25) is 0 Å². The standard InChI is InChI=1S/C10H13S/c1-10(2,3)8-5-4-6-9(11)7-8/h4-5,7,11H,1-3H3. The van der Waals surface area contributed by atoms with E-state index < -0.39 is 0 Å². The molecule has 0 bridgehead atoms. The minimum Gasteiger partial charge on any atom is -0.143 e. The summed E-state index contributed by atoms with van der Waals surface area (Å²) >= 11 is 4.23. The van der Waals surface area contributed by atoms with E-state index in [0.717, 1.165) is 4.90 Å². The molecule has 0 spiro atoms. The van der Waals surface area contributed by atoms with Gasteiger partial charge in [-0.25, -0.2) is 0 Å². The average molecular weight is 165 g/mol. The summed E-state index contributed by atoms with van der Waals surface area (Å²) in [6.45, 7) is 6.57. The van der Waals surface area contributed by atoms with Gasteiger partial charge in [-0.15, -0.1) is 12.6 Å². The van der Waals surface area contributed by atoms with E-state index in [1.807, 2.05) is 6.07 Å². The van der Waals surface area contributed by atoms with Crippen LogP contribution in [0.25, 0.3) is 0 Å². The third kappa shape index (κ3) is 2.26. The lowest BCUT2D eigenvalue weighted by molar-refractivity contribution is 0.588. The molecule has 0 nitrogen and oxygen atoms in total. The number of hydrogen-bond acceptors (Lipinski definition) is 1. The van der Waals surface area contributed by atoms with Crippen LogP contribution in [0, 0.1) is 6.07 Å². The number of thiol groups is 1. The first-order valence-corrected chi connectivity index (χ1v) is 4.16. The molecule has 1 heteroatoms. The van der Waals surface area contributed by atoms with Crippen LogP contribution in [-0.4, -0.2) is 0 Å². The maximum absolute atomic E-state index is 4.23. The molecular formula is C10H13S. The second-order valence-electron chi connectivity index (χ2n) is 3.71. The van der Waals surface area contributed by atoms with Crippen molar-refractivity contribution in [1.82, 2.24) is 0 Å². The summed E-state index contributed by atoms with van der Waals surface area (Å²) in [5, 5.41) is 0. The highest BCUT2D eigenvalue weighted by Crippen LogP contribution is 2.23. The van der Waals surface area contributed by atoms with E-state index in [1.165, 1.54) is 5.56 Å². The van der Waals surface area contributed by atoms with Crippen LogP contribution in [0.3, 0.4) is 0 Å². The van der Waals surface area contributed by atoms with Gasteiger partial charge in [0.15, 0.2) is 0 Å². The molecule has 0 atom stereocenters. The Bertz CT molecular complexity index is 245. The van der Waals surface area contributed by atoms with Crippen molar-refractivity contribution < 1.29 is 0 Å². The van der Waals surface area contributed by atoms with Crippen LogP contribution < -0.4 is 0 Å². The Kier molecular flexibility index (Phi) is 2.28. The fraction of sp³-hybridized carbons (Fsp3) is 0.400. The van der Waals surface area contributed by atoms with E-state index in [1.54, 1.807) is 0 Å². The molecule has 11 heavy (non-hydrogen) atoms. The molecular weight excluding hydrogens is 152 g/mol. The zero-order valence-corrected chi connectivity index (χ0v) is 8.07. The van der Waals surface area contributed by atoms with Crippen LogP contribution in [0.2, 0.25) is 0 Å². The van der Waals surface area contributed by atoms with Gasteiger partial charge in [0.1, 0.15) is 0 Å². The lowest BCUT2D eigenvalue weighted by atomic mass is 9.87. The van der Waals surface area contributed by atoms with Crippen molar-refractivity contribution in [2.75, 3.05) is 0 Å². The summed E-state index contributed by atoms with van der Waals surface area (Å²) in [7, 11) is 0. The van der Waals surface area contributed by atoms with Crippen LogP contribution in [0.5, 0.6) is 0 Å². The molecule has 1 aromatic rings. The lowest BCUT2D eigenvalue weighted by Crippen LogP contribution is -2.10. The van der Waals surface area contributed by atoms with Gasteiger partial charge in [-0.05, 0) is 23.1 Å². The number of benzene rings is 1. The van der Waals surface area contributed by atoms with E-state index in [0.29, 0.717) is 0 Å². The van der Waals surface area contributed by atoms with Gasteiger partial charge >= 0.3 is 0 Å². The second-order valence-corrected chi connectivity index (χ2v) is 4.19. The predicted octanol–water partition coefficient (Wildman–Crippen LogP) is 3.07. The molecule has 0 saturated carbocycles. The van der Waals surface area contributed by atoms with Gasteiger partial charge in [0.25, 0.3) is 0 Å². The van der Waals surface area contributed by atoms with Gasteiger partial charge in [-0.1, -0.05) is 32.9 Å². The Morgan fingerprint density at radius 1 is 1.36 bits per heavy atom. The Hall–Kier alpha value is -0.430. The Labute approximate surface area is 74.0 Å². The molecule has 0 aliphatic rings. The van der Waals surface area contributed by atoms with E-state index in [4.69, 9.17) is 0 Å². The van der Waals surface area contributed by atoms with Gasteiger partial charge in [-0.3, -0.25) is 0 Å². The lowest BCUT2D eigenvalue weighted by Gasteiger charge is -2.18. The summed E-state index contributed by atoms with van der Waals surface area (Å²) in [5.74, 6) is 0. The molecule has 1 aromatic carbocycles. The Morgan fingerprint density at radius 2 is 2.00 bits per heavy atom. The first-order valence-electron chi connectivity index (χ1n) is 3.71. The van der Waals surface area contributed by atoms with Gasteiger partial charge in [0.05, 0.1) is 0 Å². The third-order valence-electron chi connectivity index (χ3n) is 1.65. The van der Waals surface area contributed by atoms with Crippen molar-refractivity contribution in [2.45, 2.75) is 31.1 Å². The molecule has 0 saturated heterocycles. The summed E-state index contributed by atoms with van der Waals surface area (Å²) in [4.78, 5) is 0.914. The summed E-state index contributed by atoms with van der Waals surface area (Å²) < 4.78 is 0. The van der Waals surface area contributed by atoms with Gasteiger partial charge < -0.3 is 0 Å². The highest BCUT2D eigenvalue weighted by atomic mass is 32.1. The van der Waals surface area contributed by atoms with E-state index in [-0.39, 0.29) is 5.41 Å². The van der Waals surface area contributed by atoms with E-state index in [9.17, 15) is 0 Å². The highest BCUT2D eigenvalue weighted by Gasteiger charge is 2.12. The molecule has 59 valence electrons. The normalized spacial score (nSPS) is 11.6. The molecule has 0 fully saturated rings. The van der Waals surface area contributed by atoms with E-state index in [2.05, 4.69) is 51.6 Å². The summed E-state index contributed by atoms with van der Waals surface area (Å²) in [6, 6.07) is 9.07. The maximum Gasteiger partial charge on any atom is 0.0122 e. The first kappa shape index (κ1) is 8.66. The van der Waals surface area contributed by atoms with Gasteiger partial charge in [-0.2, -0.15) is 0 Å². The quantitative estimate of drug-likeness (QED) is 0.561. The SMILES string of the molecule is CC(C)(C)c1cc[c]c(S)c1. The molecule has 1 rings (SSSR count). The van der Waals surface area contributed by atoms with Crippen molar-refractivity contribution in [3.63, 3.8) is 0 Å². The number of rotatable bonds is 0. The molecule has 0 aliphatic carbocycles. The van der Waals surface area contributed by atoms with Crippen LogP contribution in [-0.2, 0) is 5.41 Å². The van der Waals surface area contributed by atoms with Crippen LogP contribution >= 0.6 is 12.6 Å².